The van der Waals surface area contributed by atoms with E-state index in [0.29, 0.717) is 12.1 Å². The van der Waals surface area contributed by atoms with Crippen LogP contribution in [-0.4, -0.2) is 35.8 Å². The summed E-state index contributed by atoms with van der Waals surface area (Å²) in [6.45, 7) is 1.41. The summed E-state index contributed by atoms with van der Waals surface area (Å²) in [7, 11) is 0. The molecule has 0 aromatic heterocycles. The maximum Gasteiger partial charge on any atom is 0.237 e. The molecule has 18 heavy (non-hydrogen) atoms. The van der Waals surface area contributed by atoms with Crippen molar-refractivity contribution in [3.63, 3.8) is 0 Å². The van der Waals surface area contributed by atoms with Gasteiger partial charge in [0.15, 0.2) is 0 Å². The highest BCUT2D eigenvalue weighted by Crippen LogP contribution is 2.17. The van der Waals surface area contributed by atoms with Gasteiger partial charge >= 0.3 is 0 Å². The van der Waals surface area contributed by atoms with Crippen molar-refractivity contribution in [1.82, 2.24) is 4.90 Å². The fraction of sp³-hybridized carbons (Fsp3) is 0.385. The van der Waals surface area contributed by atoms with Crippen molar-refractivity contribution in [1.29, 1.82) is 5.26 Å². The number of carbonyl (C=O) groups excluding carboxylic acids is 1. The Morgan fingerprint density at radius 2 is 2.44 bits per heavy atom. The van der Waals surface area contributed by atoms with Crippen molar-refractivity contribution >= 4 is 23.2 Å². The van der Waals surface area contributed by atoms with Crippen LogP contribution in [-0.2, 0) is 4.79 Å². The fourth-order valence-electron chi connectivity index (χ4n) is 2.10. The summed E-state index contributed by atoms with van der Waals surface area (Å²) in [6.07, 6.45) is 0.902. The molecule has 2 rings (SSSR count). The zero-order valence-corrected chi connectivity index (χ0v) is 10.7. The summed E-state index contributed by atoms with van der Waals surface area (Å²) < 4.78 is 0. The van der Waals surface area contributed by atoms with Gasteiger partial charge in [0.2, 0.25) is 5.91 Å². The maximum absolute atomic E-state index is 11.4. The molecule has 4 nitrogen and oxygen atoms in total. The molecule has 0 aliphatic carbocycles. The molecule has 1 saturated heterocycles. The Morgan fingerprint density at radius 1 is 1.61 bits per heavy atom. The highest BCUT2D eigenvalue weighted by atomic mass is 35.5. The van der Waals surface area contributed by atoms with Crippen molar-refractivity contribution in [2.24, 2.45) is 0 Å². The minimum absolute atomic E-state index is 0.0215. The smallest absolute Gasteiger partial charge is 0.237 e. The first-order valence-corrected chi connectivity index (χ1v) is 6.37. The number of nitrogens with zero attached hydrogens (tertiary/aromatic N) is 2. The molecule has 0 radical (unpaired) electrons. The number of halogens is 1. The number of alkyl halides is 1. The van der Waals surface area contributed by atoms with Gasteiger partial charge in [-0.1, -0.05) is 6.07 Å². The SMILES string of the molecule is N#Cc1cccc(NC2CCN(C(=O)CCl)C2)c1. The normalized spacial score (nSPS) is 18.4. The Morgan fingerprint density at radius 3 is 3.17 bits per heavy atom. The zero-order chi connectivity index (χ0) is 13.0. The van der Waals surface area contributed by atoms with E-state index in [1.54, 1.807) is 11.0 Å². The third kappa shape index (κ3) is 2.93. The van der Waals surface area contributed by atoms with Crippen LogP contribution in [0.3, 0.4) is 0 Å². The van der Waals surface area contributed by atoms with Gasteiger partial charge in [-0.25, -0.2) is 0 Å². The molecule has 94 valence electrons. The van der Waals surface area contributed by atoms with Crippen LogP contribution >= 0.6 is 11.6 Å². The zero-order valence-electron chi connectivity index (χ0n) is 9.90. The average Bonchev–Trinajstić information content (AvgIpc) is 2.86. The molecule has 0 saturated carbocycles. The number of anilines is 1. The lowest BCUT2D eigenvalue weighted by Gasteiger charge is -2.16. The van der Waals surface area contributed by atoms with Crippen LogP contribution in [0.5, 0.6) is 0 Å². The highest BCUT2D eigenvalue weighted by Gasteiger charge is 2.25. The number of hydrogen-bond donors (Lipinski definition) is 1. The Hall–Kier alpha value is -1.73. The predicted molar refractivity (Wildman–Crippen MR) is 70.5 cm³/mol. The molecule has 5 heteroatoms. The van der Waals surface area contributed by atoms with E-state index in [2.05, 4.69) is 11.4 Å². The first-order valence-electron chi connectivity index (χ1n) is 5.83. The molecule has 0 bridgehead atoms. The lowest BCUT2D eigenvalue weighted by molar-refractivity contribution is -0.127. The number of likely N-dealkylation sites (tertiary alicyclic amines) is 1. The van der Waals surface area contributed by atoms with E-state index in [-0.39, 0.29) is 17.8 Å². The van der Waals surface area contributed by atoms with Crippen molar-refractivity contribution in [3.8, 4) is 6.07 Å². The van der Waals surface area contributed by atoms with Crippen LogP contribution in [0.25, 0.3) is 0 Å². The first-order chi connectivity index (χ1) is 8.72. The standard InChI is InChI=1S/C13H14ClN3O/c14-7-13(18)17-5-4-12(9-17)16-11-3-1-2-10(6-11)8-15/h1-3,6,12,16H,4-5,7,9H2. The third-order valence-corrected chi connectivity index (χ3v) is 3.25. The minimum atomic E-state index is -0.0215. The Bertz CT molecular complexity index is 483. The molecular weight excluding hydrogens is 250 g/mol. The van der Waals surface area contributed by atoms with Gasteiger partial charge < -0.3 is 10.2 Å². The minimum Gasteiger partial charge on any atom is -0.380 e. The number of hydrogen-bond acceptors (Lipinski definition) is 3. The second kappa shape index (κ2) is 5.74. The van der Waals surface area contributed by atoms with Gasteiger partial charge in [0.1, 0.15) is 5.88 Å². The van der Waals surface area contributed by atoms with E-state index >= 15 is 0 Å². The van der Waals surface area contributed by atoms with E-state index in [4.69, 9.17) is 16.9 Å². The summed E-state index contributed by atoms with van der Waals surface area (Å²) in [5.41, 5.74) is 1.55. The van der Waals surface area contributed by atoms with Crippen LogP contribution < -0.4 is 5.32 Å². The summed E-state index contributed by atoms with van der Waals surface area (Å²) in [4.78, 5) is 13.2. The largest absolute Gasteiger partial charge is 0.380 e. The van der Waals surface area contributed by atoms with E-state index < -0.39 is 0 Å². The number of rotatable bonds is 3. The van der Waals surface area contributed by atoms with Crippen LogP contribution in [0.4, 0.5) is 5.69 Å². The van der Waals surface area contributed by atoms with Crippen LogP contribution in [0.15, 0.2) is 24.3 Å². The predicted octanol–water partition coefficient (Wildman–Crippen LogP) is 1.81. The van der Waals surface area contributed by atoms with Gasteiger partial charge in [-0.3, -0.25) is 4.79 Å². The molecule has 1 unspecified atom stereocenters. The summed E-state index contributed by atoms with van der Waals surface area (Å²) in [6, 6.07) is 9.68. The molecule has 1 aromatic rings. The lowest BCUT2D eigenvalue weighted by Crippen LogP contribution is -2.32. The Balaban J connectivity index is 1.95. The van der Waals surface area contributed by atoms with Gasteiger partial charge in [-0.05, 0) is 24.6 Å². The highest BCUT2D eigenvalue weighted by molar-refractivity contribution is 6.27. The molecule has 1 aromatic carbocycles. The summed E-state index contributed by atoms with van der Waals surface area (Å²) >= 11 is 5.53. The van der Waals surface area contributed by atoms with Gasteiger partial charge in [-0.15, -0.1) is 11.6 Å². The number of nitrogens with one attached hydrogen (secondary N) is 1. The van der Waals surface area contributed by atoms with Gasteiger partial charge in [0.05, 0.1) is 11.6 Å². The number of carbonyl (C=O) groups is 1. The summed E-state index contributed by atoms with van der Waals surface area (Å²) in [5.74, 6) is 0.0168. The second-order valence-corrected chi connectivity index (χ2v) is 4.56. The second-order valence-electron chi connectivity index (χ2n) is 4.30. The van der Waals surface area contributed by atoms with Gasteiger partial charge in [0, 0.05) is 24.8 Å². The van der Waals surface area contributed by atoms with Gasteiger partial charge in [0.25, 0.3) is 0 Å². The monoisotopic (exact) mass is 263 g/mol. The molecule has 1 fully saturated rings. The van der Waals surface area contributed by atoms with Crippen molar-refractivity contribution in [3.05, 3.63) is 29.8 Å². The van der Waals surface area contributed by atoms with Crippen molar-refractivity contribution < 1.29 is 4.79 Å². The Labute approximate surface area is 111 Å². The van der Waals surface area contributed by atoms with E-state index in [0.717, 1.165) is 18.7 Å². The van der Waals surface area contributed by atoms with Gasteiger partial charge in [-0.2, -0.15) is 5.26 Å². The molecule has 0 spiro atoms. The molecule has 1 amide bonds. The number of amides is 1. The van der Waals surface area contributed by atoms with E-state index in [1.807, 2.05) is 18.2 Å². The van der Waals surface area contributed by atoms with Crippen LogP contribution in [0.1, 0.15) is 12.0 Å². The summed E-state index contributed by atoms with van der Waals surface area (Å²) in [5, 5.41) is 12.2. The first kappa shape index (κ1) is 12.7. The quantitative estimate of drug-likeness (QED) is 0.847. The van der Waals surface area contributed by atoms with E-state index in [9.17, 15) is 4.79 Å². The average molecular weight is 264 g/mol. The number of nitriles is 1. The lowest BCUT2D eigenvalue weighted by atomic mass is 10.2. The van der Waals surface area contributed by atoms with Crippen molar-refractivity contribution in [2.45, 2.75) is 12.5 Å². The Kier molecular flexibility index (Phi) is 4.06. The van der Waals surface area contributed by atoms with Crippen molar-refractivity contribution in [2.75, 3.05) is 24.3 Å². The molecule has 1 aliphatic heterocycles. The molecule has 1 N–H and O–H groups in total. The number of benzene rings is 1. The molecular formula is C13H14ClN3O. The molecule has 1 heterocycles. The fourth-order valence-corrected chi connectivity index (χ4v) is 2.27. The maximum atomic E-state index is 11.4. The molecule has 1 aliphatic rings. The third-order valence-electron chi connectivity index (χ3n) is 3.02. The van der Waals surface area contributed by atoms with E-state index in [1.165, 1.54) is 0 Å². The topological polar surface area (TPSA) is 56.1 Å². The molecule has 1 atom stereocenters. The van der Waals surface area contributed by atoms with Crippen LogP contribution in [0, 0.1) is 11.3 Å². The van der Waals surface area contributed by atoms with Crippen LogP contribution in [0.2, 0.25) is 0 Å².